The fourth-order valence-electron chi connectivity index (χ4n) is 1.97. The molecular weight excluding hydrogens is 269 g/mol. The molecule has 4 heteroatoms. The van der Waals surface area contributed by atoms with E-state index in [-0.39, 0.29) is 5.78 Å². The second-order valence-corrected chi connectivity index (χ2v) is 5.28. The molecule has 0 radical (unpaired) electrons. The minimum Gasteiger partial charge on any atom is -0.330 e. The monoisotopic (exact) mass is 287 g/mol. The zero-order chi connectivity index (χ0) is 13.5. The molecule has 1 aromatic rings. The van der Waals surface area contributed by atoms with E-state index in [1.165, 1.54) is 0 Å². The van der Waals surface area contributed by atoms with Crippen LogP contribution in [0.25, 0.3) is 0 Å². The molecule has 0 aromatic heterocycles. The molecule has 2 nitrogen and oxygen atoms in total. The summed E-state index contributed by atoms with van der Waals surface area (Å²) >= 11 is 11.9. The second-order valence-electron chi connectivity index (χ2n) is 4.44. The van der Waals surface area contributed by atoms with Crippen LogP contribution < -0.4 is 5.73 Å². The maximum Gasteiger partial charge on any atom is 0.164 e. The van der Waals surface area contributed by atoms with Gasteiger partial charge in [0.25, 0.3) is 0 Å². The Morgan fingerprint density at radius 1 is 1.33 bits per heavy atom. The fourth-order valence-corrected chi connectivity index (χ4v) is 2.36. The van der Waals surface area contributed by atoms with E-state index in [9.17, 15) is 4.79 Å². The number of nitrogens with two attached hydrogens (primary N) is 1. The van der Waals surface area contributed by atoms with Crippen molar-refractivity contribution in [2.45, 2.75) is 32.6 Å². The van der Waals surface area contributed by atoms with Crippen molar-refractivity contribution in [3.05, 3.63) is 33.8 Å². The van der Waals surface area contributed by atoms with Gasteiger partial charge in [-0.05, 0) is 43.5 Å². The maximum atomic E-state index is 12.1. The molecule has 0 heterocycles. The molecule has 2 N–H and O–H groups in total. The number of halogens is 2. The highest BCUT2D eigenvalue weighted by atomic mass is 35.5. The van der Waals surface area contributed by atoms with Gasteiger partial charge in [-0.25, -0.2) is 0 Å². The number of ketones is 1. The van der Waals surface area contributed by atoms with E-state index in [0.717, 1.165) is 19.3 Å². The predicted octanol–water partition coefficient (Wildman–Crippen LogP) is 4.33. The average molecular weight is 288 g/mol. The van der Waals surface area contributed by atoms with Crippen molar-refractivity contribution in [1.82, 2.24) is 0 Å². The molecule has 0 saturated heterocycles. The third-order valence-electron chi connectivity index (χ3n) is 3.16. The normalized spacial score (nSPS) is 12.4. The number of carbonyl (C=O) groups is 1. The third-order valence-corrected chi connectivity index (χ3v) is 3.73. The lowest BCUT2D eigenvalue weighted by atomic mass is 9.94. The Morgan fingerprint density at radius 2 is 2.06 bits per heavy atom. The van der Waals surface area contributed by atoms with Crippen molar-refractivity contribution >= 4 is 29.0 Å². The topological polar surface area (TPSA) is 43.1 Å². The van der Waals surface area contributed by atoms with Crippen molar-refractivity contribution in [3.63, 3.8) is 0 Å². The number of rotatable bonds is 7. The summed E-state index contributed by atoms with van der Waals surface area (Å²) in [5.74, 6) is 0.565. The van der Waals surface area contributed by atoms with Gasteiger partial charge in [-0.1, -0.05) is 36.5 Å². The number of Topliss-reactive ketones (excluding diaryl/α,β-unsaturated/α-hetero) is 1. The summed E-state index contributed by atoms with van der Waals surface area (Å²) < 4.78 is 0. The summed E-state index contributed by atoms with van der Waals surface area (Å²) in [6.07, 6.45) is 3.37. The molecular formula is C14H19Cl2NO. The van der Waals surface area contributed by atoms with E-state index >= 15 is 0 Å². The van der Waals surface area contributed by atoms with Gasteiger partial charge in [-0.3, -0.25) is 4.79 Å². The molecule has 18 heavy (non-hydrogen) atoms. The van der Waals surface area contributed by atoms with Gasteiger partial charge in [0.15, 0.2) is 5.78 Å². The van der Waals surface area contributed by atoms with Crippen molar-refractivity contribution in [2.24, 2.45) is 11.7 Å². The molecule has 0 spiro atoms. The highest BCUT2D eigenvalue weighted by molar-refractivity contribution is 6.35. The van der Waals surface area contributed by atoms with Gasteiger partial charge in [0.05, 0.1) is 5.02 Å². The van der Waals surface area contributed by atoms with Crippen LogP contribution in [0.15, 0.2) is 18.2 Å². The van der Waals surface area contributed by atoms with Crippen LogP contribution in [0, 0.1) is 5.92 Å². The summed E-state index contributed by atoms with van der Waals surface area (Å²) in [5.41, 5.74) is 6.06. The van der Waals surface area contributed by atoms with Crippen LogP contribution in [0.3, 0.4) is 0 Å². The summed E-state index contributed by atoms with van der Waals surface area (Å²) in [4.78, 5) is 12.1. The Morgan fingerprint density at radius 3 is 2.67 bits per heavy atom. The van der Waals surface area contributed by atoms with Gasteiger partial charge >= 0.3 is 0 Å². The first-order chi connectivity index (χ1) is 8.58. The fraction of sp³-hybridized carbons (Fsp3) is 0.500. The first-order valence-corrected chi connectivity index (χ1v) is 7.02. The molecule has 0 aliphatic heterocycles. The highest BCUT2D eigenvalue weighted by Crippen LogP contribution is 2.24. The van der Waals surface area contributed by atoms with Crippen LogP contribution in [0.5, 0.6) is 0 Å². The van der Waals surface area contributed by atoms with Crippen molar-refractivity contribution in [2.75, 3.05) is 6.54 Å². The Hall–Kier alpha value is -0.570. The van der Waals surface area contributed by atoms with E-state index in [0.29, 0.717) is 34.5 Å². The lowest BCUT2D eigenvalue weighted by molar-refractivity contribution is 0.0973. The Balaban J connectivity index is 2.62. The molecule has 1 unspecified atom stereocenters. The molecule has 1 aromatic carbocycles. The standard InChI is InChI=1S/C14H19Cl2NO/c1-2-10(7-8-17)3-6-14(18)12-9-11(15)4-5-13(12)16/h4-5,9-10H,2-3,6-8,17H2,1H3. The zero-order valence-electron chi connectivity index (χ0n) is 10.6. The van der Waals surface area contributed by atoms with Crippen LogP contribution in [0.1, 0.15) is 43.0 Å². The smallest absolute Gasteiger partial charge is 0.164 e. The van der Waals surface area contributed by atoms with Gasteiger partial charge in [-0.2, -0.15) is 0 Å². The van der Waals surface area contributed by atoms with E-state index in [2.05, 4.69) is 6.92 Å². The van der Waals surface area contributed by atoms with Gasteiger partial charge in [0.2, 0.25) is 0 Å². The Labute approximate surface area is 118 Å². The summed E-state index contributed by atoms with van der Waals surface area (Å²) in [6.45, 7) is 2.79. The Bertz CT molecular complexity index is 407. The largest absolute Gasteiger partial charge is 0.330 e. The number of hydrogen-bond donors (Lipinski definition) is 1. The lowest BCUT2D eigenvalue weighted by Crippen LogP contribution is -2.10. The summed E-state index contributed by atoms with van der Waals surface area (Å²) in [7, 11) is 0. The van der Waals surface area contributed by atoms with Crippen molar-refractivity contribution in [3.8, 4) is 0 Å². The van der Waals surface area contributed by atoms with Gasteiger partial charge in [-0.15, -0.1) is 0 Å². The van der Waals surface area contributed by atoms with Crippen molar-refractivity contribution in [1.29, 1.82) is 0 Å². The maximum absolute atomic E-state index is 12.1. The molecule has 1 atom stereocenters. The van der Waals surface area contributed by atoms with E-state index in [4.69, 9.17) is 28.9 Å². The van der Waals surface area contributed by atoms with Crippen molar-refractivity contribution < 1.29 is 4.79 Å². The lowest BCUT2D eigenvalue weighted by Gasteiger charge is -2.13. The molecule has 0 amide bonds. The van der Waals surface area contributed by atoms with E-state index in [1.54, 1.807) is 18.2 Å². The van der Waals surface area contributed by atoms with Crippen LogP contribution in [-0.4, -0.2) is 12.3 Å². The zero-order valence-corrected chi connectivity index (χ0v) is 12.1. The molecule has 0 aliphatic carbocycles. The van der Waals surface area contributed by atoms with E-state index < -0.39 is 0 Å². The van der Waals surface area contributed by atoms with Crippen LogP contribution in [0.4, 0.5) is 0 Å². The molecule has 100 valence electrons. The Kier molecular flexibility index (Phi) is 6.69. The number of benzene rings is 1. The minimum atomic E-state index is 0.0537. The molecule has 0 saturated carbocycles. The van der Waals surface area contributed by atoms with Gasteiger partial charge < -0.3 is 5.73 Å². The average Bonchev–Trinajstić information content (AvgIpc) is 2.37. The first kappa shape index (κ1) is 15.5. The molecule has 0 aliphatic rings. The van der Waals surface area contributed by atoms with Gasteiger partial charge in [0.1, 0.15) is 0 Å². The molecule has 0 fully saturated rings. The molecule has 1 rings (SSSR count). The summed E-state index contributed by atoms with van der Waals surface area (Å²) in [5, 5.41) is 1.01. The summed E-state index contributed by atoms with van der Waals surface area (Å²) in [6, 6.07) is 4.98. The quantitative estimate of drug-likeness (QED) is 0.759. The predicted molar refractivity (Wildman–Crippen MR) is 77.5 cm³/mol. The van der Waals surface area contributed by atoms with Crippen LogP contribution >= 0.6 is 23.2 Å². The highest BCUT2D eigenvalue weighted by Gasteiger charge is 2.13. The minimum absolute atomic E-state index is 0.0537. The second kappa shape index (κ2) is 7.78. The third kappa shape index (κ3) is 4.60. The SMILES string of the molecule is CCC(CCN)CCC(=O)c1cc(Cl)ccc1Cl. The van der Waals surface area contributed by atoms with Crippen LogP contribution in [-0.2, 0) is 0 Å². The molecule has 0 bridgehead atoms. The van der Waals surface area contributed by atoms with E-state index in [1.807, 2.05) is 0 Å². The van der Waals surface area contributed by atoms with Gasteiger partial charge in [0, 0.05) is 17.0 Å². The number of carbonyl (C=O) groups excluding carboxylic acids is 1. The van der Waals surface area contributed by atoms with Crippen LogP contribution in [0.2, 0.25) is 10.0 Å². The number of hydrogen-bond acceptors (Lipinski definition) is 2. The first-order valence-electron chi connectivity index (χ1n) is 6.26.